The highest BCUT2D eigenvalue weighted by Gasteiger charge is 2.19. The monoisotopic (exact) mass is 379 g/mol. The molecule has 0 aliphatic rings. The van der Waals surface area contributed by atoms with Crippen molar-refractivity contribution in [1.82, 2.24) is 0 Å². The summed E-state index contributed by atoms with van der Waals surface area (Å²) in [5.74, 6) is -2.85. The van der Waals surface area contributed by atoms with Crippen molar-refractivity contribution in [3.05, 3.63) is 59.2 Å². The number of rotatable bonds is 6. The van der Waals surface area contributed by atoms with E-state index in [9.17, 15) is 18.4 Å². The maximum atomic E-state index is 13.5. The van der Waals surface area contributed by atoms with Crippen LogP contribution in [0.2, 0.25) is 0 Å². The SMILES string of the molecule is Cc1ccc(SCC(=O)O[C@@H](C)C(=O)Nc2ccc(F)cc2F)c(C)c1. The molecule has 26 heavy (non-hydrogen) atoms. The fourth-order valence-corrected chi connectivity index (χ4v) is 3.00. The van der Waals surface area contributed by atoms with Crippen LogP contribution in [0.3, 0.4) is 0 Å². The second-order valence-corrected chi connectivity index (χ2v) is 6.82. The van der Waals surface area contributed by atoms with Gasteiger partial charge in [0, 0.05) is 11.0 Å². The number of carbonyl (C=O) groups excluding carboxylic acids is 2. The molecule has 0 aromatic heterocycles. The van der Waals surface area contributed by atoms with Crippen LogP contribution in [0.5, 0.6) is 0 Å². The van der Waals surface area contributed by atoms with Crippen LogP contribution in [0, 0.1) is 25.5 Å². The number of ether oxygens (including phenoxy) is 1. The number of hydrogen-bond acceptors (Lipinski definition) is 4. The summed E-state index contributed by atoms with van der Waals surface area (Å²) < 4.78 is 31.5. The van der Waals surface area contributed by atoms with E-state index in [0.29, 0.717) is 6.07 Å². The summed E-state index contributed by atoms with van der Waals surface area (Å²) in [6.45, 7) is 5.32. The summed E-state index contributed by atoms with van der Waals surface area (Å²) in [5, 5.41) is 2.27. The van der Waals surface area contributed by atoms with Crippen molar-refractivity contribution in [3.63, 3.8) is 0 Å². The van der Waals surface area contributed by atoms with Gasteiger partial charge >= 0.3 is 5.97 Å². The van der Waals surface area contributed by atoms with Crippen molar-refractivity contribution in [2.24, 2.45) is 0 Å². The van der Waals surface area contributed by atoms with Gasteiger partial charge < -0.3 is 10.1 Å². The van der Waals surface area contributed by atoms with Crippen LogP contribution in [0.4, 0.5) is 14.5 Å². The van der Waals surface area contributed by atoms with Gasteiger partial charge in [-0.1, -0.05) is 17.7 Å². The molecule has 138 valence electrons. The minimum atomic E-state index is -1.10. The molecule has 2 aromatic carbocycles. The zero-order valence-corrected chi connectivity index (χ0v) is 15.5. The van der Waals surface area contributed by atoms with Crippen molar-refractivity contribution in [2.75, 3.05) is 11.1 Å². The van der Waals surface area contributed by atoms with Crippen LogP contribution >= 0.6 is 11.8 Å². The van der Waals surface area contributed by atoms with Crippen molar-refractivity contribution in [3.8, 4) is 0 Å². The molecule has 0 fully saturated rings. The summed E-state index contributed by atoms with van der Waals surface area (Å²) >= 11 is 1.32. The quantitative estimate of drug-likeness (QED) is 0.602. The third-order valence-electron chi connectivity index (χ3n) is 3.54. The number of hydrogen-bond donors (Lipinski definition) is 1. The van der Waals surface area contributed by atoms with E-state index in [1.165, 1.54) is 18.7 Å². The van der Waals surface area contributed by atoms with Crippen LogP contribution in [0.1, 0.15) is 18.1 Å². The molecular weight excluding hydrogens is 360 g/mol. The van der Waals surface area contributed by atoms with E-state index in [1.807, 2.05) is 32.0 Å². The Morgan fingerprint density at radius 1 is 1.15 bits per heavy atom. The van der Waals surface area contributed by atoms with E-state index < -0.39 is 29.6 Å². The number of nitrogens with one attached hydrogen (secondary N) is 1. The Hall–Kier alpha value is -2.41. The van der Waals surface area contributed by atoms with E-state index in [1.54, 1.807) is 0 Å². The van der Waals surface area contributed by atoms with E-state index in [-0.39, 0.29) is 11.4 Å². The lowest BCUT2D eigenvalue weighted by Gasteiger charge is -2.14. The van der Waals surface area contributed by atoms with E-state index in [4.69, 9.17) is 4.74 Å². The number of amides is 1. The normalized spacial score (nSPS) is 11.7. The second-order valence-electron chi connectivity index (χ2n) is 5.80. The van der Waals surface area contributed by atoms with E-state index in [0.717, 1.165) is 28.2 Å². The molecule has 0 saturated carbocycles. The summed E-state index contributed by atoms with van der Waals surface area (Å²) in [4.78, 5) is 24.9. The first kappa shape index (κ1) is 19.9. The number of anilines is 1. The van der Waals surface area contributed by atoms with Gasteiger partial charge in [-0.2, -0.15) is 0 Å². The van der Waals surface area contributed by atoms with Crippen molar-refractivity contribution in [2.45, 2.75) is 31.8 Å². The molecule has 0 spiro atoms. The van der Waals surface area contributed by atoms with Gasteiger partial charge in [-0.3, -0.25) is 9.59 Å². The van der Waals surface area contributed by atoms with E-state index in [2.05, 4.69) is 5.32 Å². The predicted molar refractivity (Wildman–Crippen MR) is 97.2 cm³/mol. The number of carbonyl (C=O) groups is 2. The lowest BCUT2D eigenvalue weighted by Crippen LogP contribution is -2.30. The Morgan fingerprint density at radius 2 is 1.88 bits per heavy atom. The molecule has 0 aliphatic heterocycles. The summed E-state index contributed by atoms with van der Waals surface area (Å²) in [6.07, 6.45) is -1.10. The van der Waals surface area contributed by atoms with Gasteiger partial charge in [0.2, 0.25) is 0 Å². The number of thioether (sulfide) groups is 1. The van der Waals surface area contributed by atoms with Gasteiger partial charge in [-0.15, -0.1) is 11.8 Å². The summed E-state index contributed by atoms with van der Waals surface area (Å²) in [7, 11) is 0. The molecule has 0 saturated heterocycles. The molecule has 1 atom stereocenters. The third-order valence-corrected chi connectivity index (χ3v) is 4.69. The molecule has 4 nitrogen and oxygen atoms in total. The zero-order valence-electron chi connectivity index (χ0n) is 14.6. The Bertz CT molecular complexity index is 826. The Labute approximate surface area is 154 Å². The number of esters is 1. The predicted octanol–water partition coefficient (Wildman–Crippen LogP) is 4.24. The highest BCUT2D eigenvalue weighted by atomic mass is 32.2. The fraction of sp³-hybridized carbons (Fsp3) is 0.263. The van der Waals surface area contributed by atoms with Crippen LogP contribution in [-0.2, 0) is 14.3 Å². The smallest absolute Gasteiger partial charge is 0.317 e. The molecule has 1 amide bonds. The molecule has 0 bridgehead atoms. The van der Waals surface area contributed by atoms with Gasteiger partial charge in [0.1, 0.15) is 11.6 Å². The third kappa shape index (κ3) is 5.56. The number of aryl methyl sites for hydroxylation is 2. The average molecular weight is 379 g/mol. The van der Waals surface area contributed by atoms with Gasteiger partial charge in [0.05, 0.1) is 11.4 Å². The molecule has 7 heteroatoms. The highest BCUT2D eigenvalue weighted by molar-refractivity contribution is 8.00. The summed E-state index contributed by atoms with van der Waals surface area (Å²) in [6, 6.07) is 8.68. The lowest BCUT2D eigenvalue weighted by atomic mass is 10.2. The standard InChI is InChI=1S/C19H19F2NO3S/c1-11-4-7-17(12(2)8-11)26-10-18(23)25-13(3)19(24)22-16-6-5-14(20)9-15(16)21/h4-9,13H,10H2,1-3H3,(H,22,24)/t13-/m0/s1. The average Bonchev–Trinajstić information content (AvgIpc) is 2.56. The molecule has 2 rings (SSSR count). The van der Waals surface area contributed by atoms with Crippen LogP contribution in [-0.4, -0.2) is 23.7 Å². The van der Waals surface area contributed by atoms with Crippen LogP contribution < -0.4 is 5.32 Å². The Kier molecular flexibility index (Phi) is 6.74. The molecule has 0 unspecified atom stereocenters. The molecular formula is C19H19F2NO3S. The minimum absolute atomic E-state index is 0.0480. The molecule has 0 heterocycles. The maximum absolute atomic E-state index is 13.5. The minimum Gasteiger partial charge on any atom is -0.452 e. The Morgan fingerprint density at radius 3 is 2.54 bits per heavy atom. The zero-order chi connectivity index (χ0) is 19.3. The first-order chi connectivity index (χ1) is 12.3. The largest absolute Gasteiger partial charge is 0.452 e. The van der Waals surface area contributed by atoms with Gasteiger partial charge in [-0.25, -0.2) is 8.78 Å². The van der Waals surface area contributed by atoms with Gasteiger partial charge in [0.15, 0.2) is 6.10 Å². The van der Waals surface area contributed by atoms with Gasteiger partial charge in [0.25, 0.3) is 5.91 Å². The van der Waals surface area contributed by atoms with Crippen molar-refractivity contribution in [1.29, 1.82) is 0 Å². The van der Waals surface area contributed by atoms with Crippen molar-refractivity contribution < 1.29 is 23.1 Å². The topological polar surface area (TPSA) is 55.4 Å². The molecule has 0 aliphatic carbocycles. The van der Waals surface area contributed by atoms with Gasteiger partial charge in [-0.05, 0) is 44.5 Å². The number of halogens is 2. The van der Waals surface area contributed by atoms with Crippen LogP contribution in [0.25, 0.3) is 0 Å². The number of benzene rings is 2. The fourth-order valence-electron chi connectivity index (χ4n) is 2.21. The lowest BCUT2D eigenvalue weighted by molar-refractivity contribution is -0.150. The first-order valence-corrected chi connectivity index (χ1v) is 8.90. The maximum Gasteiger partial charge on any atom is 0.317 e. The van der Waals surface area contributed by atoms with Crippen LogP contribution in [0.15, 0.2) is 41.3 Å². The summed E-state index contributed by atoms with van der Waals surface area (Å²) in [5.41, 5.74) is 2.01. The van der Waals surface area contributed by atoms with Crippen molar-refractivity contribution >= 4 is 29.3 Å². The highest BCUT2D eigenvalue weighted by Crippen LogP contribution is 2.23. The molecule has 2 aromatic rings. The molecule has 1 N–H and O–H groups in total. The van der Waals surface area contributed by atoms with E-state index >= 15 is 0 Å². The Balaban J connectivity index is 1.86. The molecule has 0 radical (unpaired) electrons. The first-order valence-electron chi connectivity index (χ1n) is 7.91. The second kappa shape index (κ2) is 8.80.